The van der Waals surface area contributed by atoms with Gasteiger partial charge in [0.25, 0.3) is 0 Å². The molecule has 2 atom stereocenters. The van der Waals surface area contributed by atoms with E-state index in [9.17, 15) is 0 Å². The monoisotopic (exact) mass is 197 g/mol. The van der Waals surface area contributed by atoms with Crippen LogP contribution in [0.2, 0.25) is 0 Å². The van der Waals surface area contributed by atoms with Gasteiger partial charge in [0.05, 0.1) is 0 Å². The van der Waals surface area contributed by atoms with E-state index in [1.807, 2.05) is 0 Å². The molecule has 3 heteroatoms. The van der Waals surface area contributed by atoms with Crippen molar-refractivity contribution in [2.24, 2.45) is 5.73 Å². The molecule has 1 saturated carbocycles. The fraction of sp³-hybridized carbons (Fsp3) is 1.00. The maximum Gasteiger partial charge on any atom is 0.0196 e. The summed E-state index contributed by atoms with van der Waals surface area (Å²) in [4.78, 5) is 5.19. The summed E-state index contributed by atoms with van der Waals surface area (Å²) < 4.78 is 0. The van der Waals surface area contributed by atoms with E-state index < -0.39 is 0 Å². The number of hydrogen-bond donors (Lipinski definition) is 1. The van der Waals surface area contributed by atoms with Crippen LogP contribution in [-0.2, 0) is 0 Å². The fourth-order valence-corrected chi connectivity index (χ4v) is 2.44. The van der Waals surface area contributed by atoms with Crippen LogP contribution in [-0.4, -0.2) is 54.1 Å². The van der Waals surface area contributed by atoms with Gasteiger partial charge in [-0.05, 0) is 26.7 Å². The van der Waals surface area contributed by atoms with Crippen LogP contribution in [0.25, 0.3) is 0 Å². The molecule has 14 heavy (non-hydrogen) atoms. The Kier molecular flexibility index (Phi) is 3.10. The van der Waals surface area contributed by atoms with Crippen molar-refractivity contribution in [2.45, 2.75) is 44.8 Å². The maximum absolute atomic E-state index is 5.84. The third kappa shape index (κ3) is 2.47. The van der Waals surface area contributed by atoms with E-state index in [1.165, 1.54) is 32.5 Å². The molecule has 0 aromatic heterocycles. The van der Waals surface area contributed by atoms with Gasteiger partial charge in [-0.3, -0.25) is 9.80 Å². The minimum absolute atomic E-state index is 0.310. The quantitative estimate of drug-likeness (QED) is 0.715. The molecule has 1 aliphatic carbocycles. The Morgan fingerprint density at radius 3 is 2.57 bits per heavy atom. The minimum Gasteiger partial charge on any atom is -0.327 e. The zero-order chi connectivity index (χ0) is 10.1. The maximum atomic E-state index is 5.84. The molecule has 2 N–H and O–H groups in total. The Bertz CT molecular complexity index is 189. The van der Waals surface area contributed by atoms with Gasteiger partial charge >= 0.3 is 0 Å². The van der Waals surface area contributed by atoms with Crippen molar-refractivity contribution in [3.63, 3.8) is 0 Å². The van der Waals surface area contributed by atoms with Gasteiger partial charge in [0.2, 0.25) is 0 Å². The zero-order valence-electron chi connectivity index (χ0n) is 9.45. The first-order valence-electron chi connectivity index (χ1n) is 5.90. The molecule has 1 saturated heterocycles. The topological polar surface area (TPSA) is 32.5 Å². The van der Waals surface area contributed by atoms with Gasteiger partial charge in [-0.15, -0.1) is 0 Å². The number of rotatable bonds is 3. The third-order valence-corrected chi connectivity index (χ3v) is 3.38. The van der Waals surface area contributed by atoms with E-state index in [4.69, 9.17) is 5.73 Å². The van der Waals surface area contributed by atoms with Gasteiger partial charge in [0.15, 0.2) is 0 Å². The van der Waals surface area contributed by atoms with Gasteiger partial charge < -0.3 is 5.73 Å². The van der Waals surface area contributed by atoms with Crippen LogP contribution in [0.3, 0.4) is 0 Å². The van der Waals surface area contributed by atoms with Crippen molar-refractivity contribution in [2.75, 3.05) is 26.2 Å². The molecule has 0 amide bonds. The van der Waals surface area contributed by atoms with Crippen LogP contribution >= 0.6 is 0 Å². The van der Waals surface area contributed by atoms with E-state index in [1.54, 1.807) is 0 Å². The highest BCUT2D eigenvalue weighted by molar-refractivity contribution is 4.90. The largest absolute Gasteiger partial charge is 0.327 e. The first kappa shape index (κ1) is 10.4. The Morgan fingerprint density at radius 2 is 2.07 bits per heavy atom. The average molecular weight is 197 g/mol. The Labute approximate surface area is 87.2 Å². The minimum atomic E-state index is 0.310. The molecule has 0 spiro atoms. The summed E-state index contributed by atoms with van der Waals surface area (Å²) in [5.74, 6) is 0. The normalized spacial score (nSPS) is 33.2. The number of nitrogens with two attached hydrogens (primary N) is 1. The van der Waals surface area contributed by atoms with Crippen molar-refractivity contribution in [3.8, 4) is 0 Å². The lowest BCUT2D eigenvalue weighted by Gasteiger charge is -2.40. The molecule has 0 aromatic rings. The predicted octanol–water partition coefficient (Wildman–Crippen LogP) is 0.502. The molecule has 1 heterocycles. The number of hydrogen-bond acceptors (Lipinski definition) is 3. The van der Waals surface area contributed by atoms with E-state index in [0.29, 0.717) is 12.1 Å². The summed E-state index contributed by atoms with van der Waals surface area (Å²) in [6.45, 7) is 9.19. The third-order valence-electron chi connectivity index (χ3n) is 3.38. The lowest BCUT2D eigenvalue weighted by Crippen LogP contribution is -2.54. The van der Waals surface area contributed by atoms with Gasteiger partial charge in [0, 0.05) is 44.3 Å². The van der Waals surface area contributed by atoms with Crippen LogP contribution < -0.4 is 5.73 Å². The zero-order valence-corrected chi connectivity index (χ0v) is 9.45. The molecular formula is C11H23N3. The van der Waals surface area contributed by atoms with Gasteiger partial charge in [0.1, 0.15) is 0 Å². The molecule has 82 valence electrons. The highest BCUT2D eigenvalue weighted by Gasteiger charge is 2.33. The van der Waals surface area contributed by atoms with Crippen LogP contribution in [0, 0.1) is 0 Å². The molecular weight excluding hydrogens is 174 g/mol. The lowest BCUT2D eigenvalue weighted by atomic mass is 10.1. The van der Waals surface area contributed by atoms with E-state index in [2.05, 4.69) is 23.6 Å². The average Bonchev–Trinajstić information content (AvgIpc) is 2.90. The standard InChI is InChI=1S/C11H23N3/c1-9(12)7-13-5-6-14(8-10(13)2)11-3-4-11/h9-11H,3-8,12H2,1-2H3/t9-,10?/m1/s1. The van der Waals surface area contributed by atoms with Crippen LogP contribution in [0.1, 0.15) is 26.7 Å². The highest BCUT2D eigenvalue weighted by Crippen LogP contribution is 2.28. The van der Waals surface area contributed by atoms with Crippen LogP contribution in [0.4, 0.5) is 0 Å². The predicted molar refractivity (Wildman–Crippen MR) is 59.3 cm³/mol. The SMILES string of the molecule is CC1CN(C2CC2)CCN1C[C@@H](C)N. The van der Waals surface area contributed by atoms with Crippen LogP contribution in [0.5, 0.6) is 0 Å². The number of nitrogens with zero attached hydrogens (tertiary/aromatic N) is 2. The molecule has 1 aliphatic heterocycles. The summed E-state index contributed by atoms with van der Waals surface area (Å²) in [5.41, 5.74) is 5.84. The van der Waals surface area contributed by atoms with Crippen LogP contribution in [0.15, 0.2) is 0 Å². The first-order chi connectivity index (χ1) is 6.66. The van der Waals surface area contributed by atoms with Gasteiger partial charge in [-0.1, -0.05) is 0 Å². The molecule has 0 aromatic carbocycles. The second kappa shape index (κ2) is 4.17. The van der Waals surface area contributed by atoms with E-state index in [0.717, 1.165) is 12.6 Å². The van der Waals surface area contributed by atoms with E-state index >= 15 is 0 Å². The Balaban J connectivity index is 1.80. The summed E-state index contributed by atoms with van der Waals surface area (Å²) in [6, 6.07) is 1.93. The molecule has 2 rings (SSSR count). The number of piperazine rings is 1. The fourth-order valence-electron chi connectivity index (χ4n) is 2.44. The van der Waals surface area contributed by atoms with Gasteiger partial charge in [-0.2, -0.15) is 0 Å². The van der Waals surface area contributed by atoms with Crippen molar-refractivity contribution in [1.82, 2.24) is 9.80 Å². The van der Waals surface area contributed by atoms with Crippen molar-refractivity contribution in [1.29, 1.82) is 0 Å². The Hall–Kier alpha value is -0.120. The molecule has 0 bridgehead atoms. The molecule has 0 radical (unpaired) electrons. The summed E-state index contributed by atoms with van der Waals surface area (Å²) >= 11 is 0. The molecule has 2 aliphatic rings. The highest BCUT2D eigenvalue weighted by atomic mass is 15.3. The Morgan fingerprint density at radius 1 is 1.36 bits per heavy atom. The molecule has 1 unspecified atom stereocenters. The second-order valence-corrected chi connectivity index (χ2v) is 5.05. The summed E-state index contributed by atoms with van der Waals surface area (Å²) in [5, 5.41) is 0. The lowest BCUT2D eigenvalue weighted by molar-refractivity contribution is 0.0753. The first-order valence-corrected chi connectivity index (χ1v) is 5.90. The van der Waals surface area contributed by atoms with Gasteiger partial charge in [-0.25, -0.2) is 0 Å². The molecule has 3 nitrogen and oxygen atoms in total. The van der Waals surface area contributed by atoms with E-state index in [-0.39, 0.29) is 0 Å². The summed E-state index contributed by atoms with van der Waals surface area (Å²) in [7, 11) is 0. The second-order valence-electron chi connectivity index (χ2n) is 5.05. The molecule has 2 fully saturated rings. The van der Waals surface area contributed by atoms with Crippen molar-refractivity contribution < 1.29 is 0 Å². The smallest absolute Gasteiger partial charge is 0.0196 e. The summed E-state index contributed by atoms with van der Waals surface area (Å²) in [6.07, 6.45) is 2.86. The van der Waals surface area contributed by atoms with Crippen molar-refractivity contribution >= 4 is 0 Å². The van der Waals surface area contributed by atoms with Crippen molar-refractivity contribution in [3.05, 3.63) is 0 Å².